The quantitative estimate of drug-likeness (QED) is 0.395. The predicted molar refractivity (Wildman–Crippen MR) is 72.0 cm³/mol. The molecule has 0 amide bonds. The molecule has 2 rings (SSSR count). The number of oxime groups is 1. The van der Waals surface area contributed by atoms with Gasteiger partial charge in [0, 0.05) is 11.3 Å². The van der Waals surface area contributed by atoms with Crippen LogP contribution in [0, 0.1) is 18.6 Å². The summed E-state index contributed by atoms with van der Waals surface area (Å²) in [5.41, 5.74) is 6.58. The van der Waals surface area contributed by atoms with Gasteiger partial charge >= 0.3 is 0 Å². The lowest BCUT2D eigenvalue weighted by Gasteiger charge is -2.06. The number of halogens is 2. The molecule has 0 aliphatic carbocycles. The smallest absolute Gasteiger partial charge is 0.170 e. The van der Waals surface area contributed by atoms with Gasteiger partial charge in [0.15, 0.2) is 5.84 Å². The zero-order valence-electron chi connectivity index (χ0n) is 10.5. The van der Waals surface area contributed by atoms with Gasteiger partial charge in [-0.1, -0.05) is 16.9 Å². The molecule has 4 nitrogen and oxygen atoms in total. The molecule has 3 N–H and O–H groups in total. The van der Waals surface area contributed by atoms with E-state index in [1.165, 1.54) is 6.07 Å². The molecule has 0 fully saturated rings. The number of hydrogen-bond acceptors (Lipinski definition) is 4. The van der Waals surface area contributed by atoms with Crippen molar-refractivity contribution in [1.29, 1.82) is 0 Å². The average molecular weight is 295 g/mol. The lowest BCUT2D eigenvalue weighted by molar-refractivity contribution is 0.318. The molecule has 0 aliphatic rings. The summed E-state index contributed by atoms with van der Waals surface area (Å²) in [6.45, 7) is 1.72. The summed E-state index contributed by atoms with van der Waals surface area (Å²) in [7, 11) is 0. The molecule has 0 saturated heterocycles. The molecule has 0 aliphatic heterocycles. The summed E-state index contributed by atoms with van der Waals surface area (Å²) >= 11 is 0.966. The third kappa shape index (κ3) is 3.24. The van der Waals surface area contributed by atoms with Crippen LogP contribution in [0.15, 0.2) is 45.4 Å². The van der Waals surface area contributed by atoms with Crippen LogP contribution in [0.2, 0.25) is 0 Å². The minimum absolute atomic E-state index is 0.0722. The van der Waals surface area contributed by atoms with Gasteiger partial charge in [-0.2, -0.15) is 0 Å². The minimum Gasteiger partial charge on any atom is -0.409 e. The maximum absolute atomic E-state index is 13.6. The molecule has 1 aromatic heterocycles. The number of nitrogens with zero attached hydrogens (tertiary/aromatic N) is 2. The van der Waals surface area contributed by atoms with Crippen LogP contribution < -0.4 is 5.73 Å². The predicted octanol–water partition coefficient (Wildman–Crippen LogP) is 2.91. The maximum atomic E-state index is 13.6. The van der Waals surface area contributed by atoms with Crippen LogP contribution >= 0.6 is 11.8 Å². The number of amidine groups is 1. The van der Waals surface area contributed by atoms with Crippen molar-refractivity contribution in [3.05, 3.63) is 53.2 Å². The van der Waals surface area contributed by atoms with Gasteiger partial charge in [-0.15, -0.1) is 0 Å². The van der Waals surface area contributed by atoms with Crippen molar-refractivity contribution in [2.75, 3.05) is 0 Å². The molecular weight excluding hydrogens is 284 g/mol. The Morgan fingerprint density at radius 2 is 2.05 bits per heavy atom. The topological polar surface area (TPSA) is 71.5 Å². The zero-order chi connectivity index (χ0) is 14.7. The van der Waals surface area contributed by atoms with Crippen LogP contribution in [0.5, 0.6) is 0 Å². The summed E-state index contributed by atoms with van der Waals surface area (Å²) in [5.74, 6) is -1.14. The molecule has 1 heterocycles. The summed E-state index contributed by atoms with van der Waals surface area (Å²) < 4.78 is 26.7. The Morgan fingerprint density at radius 3 is 2.75 bits per heavy atom. The summed E-state index contributed by atoms with van der Waals surface area (Å²) in [4.78, 5) is 4.32. The molecule has 20 heavy (non-hydrogen) atoms. The lowest BCUT2D eigenvalue weighted by atomic mass is 10.2. The van der Waals surface area contributed by atoms with Gasteiger partial charge < -0.3 is 10.9 Å². The largest absolute Gasteiger partial charge is 0.409 e. The second-order valence-corrected chi connectivity index (χ2v) is 5.06. The Labute approximate surface area is 118 Å². The molecular formula is C13H11F2N3OS. The SMILES string of the molecule is Cc1cc(/C(N)=N/O)cc(Sc2cc(F)ccc2F)n1. The van der Waals surface area contributed by atoms with E-state index in [1.807, 2.05) is 0 Å². The van der Waals surface area contributed by atoms with Crippen LogP contribution in [0.3, 0.4) is 0 Å². The van der Waals surface area contributed by atoms with Crippen molar-refractivity contribution in [2.24, 2.45) is 10.9 Å². The van der Waals surface area contributed by atoms with Crippen molar-refractivity contribution in [3.63, 3.8) is 0 Å². The van der Waals surface area contributed by atoms with Crippen LogP contribution in [0.25, 0.3) is 0 Å². The van der Waals surface area contributed by atoms with E-state index in [2.05, 4.69) is 10.1 Å². The molecule has 0 spiro atoms. The second kappa shape index (κ2) is 5.87. The number of nitrogens with two attached hydrogens (primary N) is 1. The van der Waals surface area contributed by atoms with Gasteiger partial charge in [0.05, 0.1) is 4.90 Å². The van der Waals surface area contributed by atoms with Gasteiger partial charge in [-0.05, 0) is 37.3 Å². The first-order valence-electron chi connectivity index (χ1n) is 5.59. The van der Waals surface area contributed by atoms with Gasteiger partial charge in [0.1, 0.15) is 16.7 Å². The Morgan fingerprint density at radius 1 is 1.30 bits per heavy atom. The monoisotopic (exact) mass is 295 g/mol. The Balaban J connectivity index is 2.38. The highest BCUT2D eigenvalue weighted by Crippen LogP contribution is 2.29. The molecule has 2 aromatic rings. The van der Waals surface area contributed by atoms with Gasteiger partial charge in [0.25, 0.3) is 0 Å². The van der Waals surface area contributed by atoms with Crippen LogP contribution in [0.1, 0.15) is 11.3 Å². The van der Waals surface area contributed by atoms with Crippen molar-refractivity contribution >= 4 is 17.6 Å². The van der Waals surface area contributed by atoms with Crippen LogP contribution in [-0.4, -0.2) is 16.0 Å². The Kier molecular flexibility index (Phi) is 4.19. The highest BCUT2D eigenvalue weighted by molar-refractivity contribution is 7.99. The molecule has 0 saturated carbocycles. The van der Waals surface area contributed by atoms with E-state index >= 15 is 0 Å². The lowest BCUT2D eigenvalue weighted by Crippen LogP contribution is -2.13. The zero-order valence-corrected chi connectivity index (χ0v) is 11.3. The Hall–Kier alpha value is -2.15. The number of benzene rings is 1. The molecule has 104 valence electrons. The average Bonchev–Trinajstić information content (AvgIpc) is 2.41. The van der Waals surface area contributed by atoms with Crippen LogP contribution in [-0.2, 0) is 0 Å². The molecule has 0 unspecified atom stereocenters. The standard InChI is InChI=1S/C13H11F2N3OS/c1-7-4-8(13(16)18-19)5-12(17-7)20-11-6-9(14)2-3-10(11)15/h2-6,19H,1H3,(H2,16,18). The van der Waals surface area contributed by atoms with Crippen molar-refractivity contribution in [3.8, 4) is 0 Å². The van der Waals surface area contributed by atoms with Crippen molar-refractivity contribution < 1.29 is 14.0 Å². The maximum Gasteiger partial charge on any atom is 0.170 e. The normalized spacial score (nSPS) is 11.7. The number of hydrogen-bond donors (Lipinski definition) is 2. The van der Waals surface area contributed by atoms with Gasteiger partial charge in [-0.25, -0.2) is 13.8 Å². The van der Waals surface area contributed by atoms with E-state index in [0.29, 0.717) is 16.3 Å². The molecule has 0 atom stereocenters. The number of rotatable bonds is 3. The van der Waals surface area contributed by atoms with Crippen molar-refractivity contribution in [2.45, 2.75) is 16.8 Å². The molecule has 7 heteroatoms. The third-order valence-electron chi connectivity index (χ3n) is 2.44. The van der Waals surface area contributed by atoms with Gasteiger partial charge in [0.2, 0.25) is 0 Å². The van der Waals surface area contributed by atoms with Crippen LogP contribution in [0.4, 0.5) is 8.78 Å². The minimum atomic E-state index is -0.537. The fourth-order valence-electron chi connectivity index (χ4n) is 1.56. The third-order valence-corrected chi connectivity index (χ3v) is 3.39. The van der Waals surface area contributed by atoms with E-state index in [-0.39, 0.29) is 10.7 Å². The summed E-state index contributed by atoms with van der Waals surface area (Å²) in [5, 5.41) is 12.0. The van der Waals surface area contributed by atoms with E-state index in [4.69, 9.17) is 10.9 Å². The highest BCUT2D eigenvalue weighted by atomic mass is 32.2. The fourth-order valence-corrected chi connectivity index (χ4v) is 2.50. The molecule has 1 aromatic carbocycles. The van der Waals surface area contributed by atoms with E-state index in [0.717, 1.165) is 30.0 Å². The van der Waals surface area contributed by atoms with E-state index in [1.54, 1.807) is 13.0 Å². The van der Waals surface area contributed by atoms with E-state index < -0.39 is 11.6 Å². The molecule has 0 radical (unpaired) electrons. The number of aryl methyl sites for hydroxylation is 1. The highest BCUT2D eigenvalue weighted by Gasteiger charge is 2.10. The Bertz CT molecular complexity index is 677. The second-order valence-electron chi connectivity index (χ2n) is 4.00. The first-order chi connectivity index (χ1) is 9.49. The fraction of sp³-hybridized carbons (Fsp3) is 0.0769. The first-order valence-corrected chi connectivity index (χ1v) is 6.40. The van der Waals surface area contributed by atoms with Gasteiger partial charge in [-0.3, -0.25) is 0 Å². The number of pyridine rings is 1. The van der Waals surface area contributed by atoms with Crippen molar-refractivity contribution in [1.82, 2.24) is 4.98 Å². The summed E-state index contributed by atoms with van der Waals surface area (Å²) in [6, 6.07) is 6.36. The molecule has 0 bridgehead atoms. The number of aromatic nitrogens is 1. The summed E-state index contributed by atoms with van der Waals surface area (Å²) in [6.07, 6.45) is 0. The van der Waals surface area contributed by atoms with E-state index in [9.17, 15) is 8.78 Å². The first kappa shape index (κ1) is 14.3.